The quantitative estimate of drug-likeness (QED) is 0.716. The maximum absolute atomic E-state index is 12.9. The molecule has 0 unspecified atom stereocenters. The Kier molecular flexibility index (Phi) is 5.52. The summed E-state index contributed by atoms with van der Waals surface area (Å²) in [4.78, 5) is 36.1. The third-order valence-electron chi connectivity index (χ3n) is 4.42. The van der Waals surface area contributed by atoms with E-state index in [2.05, 4.69) is 23.8 Å². The average Bonchev–Trinajstić information content (AvgIpc) is 3.00. The Bertz CT molecular complexity index is 990. The van der Waals surface area contributed by atoms with Gasteiger partial charge in [0.15, 0.2) is 0 Å². The van der Waals surface area contributed by atoms with Crippen LogP contribution >= 0.6 is 11.3 Å². The fraction of sp³-hybridized carbons (Fsp3) is 0.350. The molecule has 136 valence electrons. The van der Waals surface area contributed by atoms with Crippen LogP contribution < -0.4 is 5.56 Å². The number of fused-ring (bicyclic) bond motifs is 1. The highest BCUT2D eigenvalue weighted by atomic mass is 32.1. The van der Waals surface area contributed by atoms with Crippen LogP contribution in [0, 0.1) is 6.92 Å². The molecule has 0 saturated heterocycles. The zero-order valence-corrected chi connectivity index (χ0v) is 16.2. The number of nitrogens with one attached hydrogen (secondary N) is 1. The summed E-state index contributed by atoms with van der Waals surface area (Å²) in [5.74, 6) is 0.490. The molecule has 0 spiro atoms. The summed E-state index contributed by atoms with van der Waals surface area (Å²) < 4.78 is 0. The van der Waals surface area contributed by atoms with Gasteiger partial charge in [-0.15, -0.1) is 11.3 Å². The van der Waals surface area contributed by atoms with Crippen molar-refractivity contribution < 1.29 is 4.79 Å². The third kappa shape index (κ3) is 3.70. The molecule has 3 aromatic rings. The number of H-pyrrole nitrogens is 1. The number of aromatic nitrogens is 2. The lowest BCUT2D eigenvalue weighted by Gasteiger charge is -2.19. The maximum Gasteiger partial charge on any atom is 0.264 e. The van der Waals surface area contributed by atoms with Crippen LogP contribution in [-0.2, 0) is 13.0 Å². The number of aryl methyl sites for hydroxylation is 2. The molecular weight excluding hydrogens is 346 g/mol. The number of rotatable bonds is 6. The second kappa shape index (κ2) is 7.83. The molecule has 1 amide bonds. The summed E-state index contributed by atoms with van der Waals surface area (Å²) in [6, 6.07) is 9.23. The van der Waals surface area contributed by atoms with E-state index in [-0.39, 0.29) is 18.0 Å². The van der Waals surface area contributed by atoms with Gasteiger partial charge in [0.25, 0.3) is 11.5 Å². The smallest absolute Gasteiger partial charge is 0.264 e. The van der Waals surface area contributed by atoms with Crippen LogP contribution in [-0.4, -0.2) is 27.3 Å². The van der Waals surface area contributed by atoms with E-state index in [4.69, 9.17) is 0 Å². The standard InChI is InChI=1S/C20H23N3O2S/c1-4-8-14-11-17(26-13(14)3)20(25)23(5-2)12-18-21-16-10-7-6-9-15(16)19(24)22-18/h6-7,9-11H,4-5,8,12H2,1-3H3,(H,21,22,24). The largest absolute Gasteiger partial charge is 0.331 e. The topological polar surface area (TPSA) is 66.1 Å². The lowest BCUT2D eigenvalue weighted by molar-refractivity contribution is 0.0753. The summed E-state index contributed by atoms with van der Waals surface area (Å²) in [7, 11) is 0. The van der Waals surface area contributed by atoms with E-state index in [9.17, 15) is 9.59 Å². The molecule has 3 rings (SSSR count). The van der Waals surface area contributed by atoms with E-state index >= 15 is 0 Å². The molecule has 0 radical (unpaired) electrons. The Hall–Kier alpha value is -2.47. The number of para-hydroxylation sites is 1. The molecule has 1 aromatic carbocycles. The summed E-state index contributed by atoms with van der Waals surface area (Å²) in [5.41, 5.74) is 1.72. The van der Waals surface area contributed by atoms with Gasteiger partial charge in [-0.25, -0.2) is 4.98 Å². The normalized spacial score (nSPS) is 11.0. The predicted octanol–water partition coefficient (Wildman–Crippen LogP) is 3.91. The van der Waals surface area contributed by atoms with Gasteiger partial charge in [-0.1, -0.05) is 25.5 Å². The van der Waals surface area contributed by atoms with E-state index in [1.54, 1.807) is 11.0 Å². The number of hydrogen-bond acceptors (Lipinski definition) is 4. The highest BCUT2D eigenvalue weighted by molar-refractivity contribution is 7.14. The number of aromatic amines is 1. The van der Waals surface area contributed by atoms with Crippen molar-refractivity contribution in [2.75, 3.05) is 6.54 Å². The van der Waals surface area contributed by atoms with Crippen molar-refractivity contribution in [1.29, 1.82) is 0 Å². The fourth-order valence-corrected chi connectivity index (χ4v) is 4.06. The Morgan fingerprint density at radius 3 is 2.77 bits per heavy atom. The maximum atomic E-state index is 12.9. The monoisotopic (exact) mass is 369 g/mol. The van der Waals surface area contributed by atoms with Crippen LogP contribution in [0.3, 0.4) is 0 Å². The van der Waals surface area contributed by atoms with Crippen molar-refractivity contribution >= 4 is 28.1 Å². The van der Waals surface area contributed by atoms with Gasteiger partial charge in [-0.2, -0.15) is 0 Å². The van der Waals surface area contributed by atoms with Gasteiger partial charge in [0.2, 0.25) is 0 Å². The number of amides is 1. The zero-order valence-electron chi connectivity index (χ0n) is 15.3. The van der Waals surface area contributed by atoms with Gasteiger partial charge in [-0.3, -0.25) is 9.59 Å². The minimum Gasteiger partial charge on any atom is -0.331 e. The Morgan fingerprint density at radius 1 is 1.27 bits per heavy atom. The van der Waals surface area contributed by atoms with Crippen molar-refractivity contribution in [3.63, 3.8) is 0 Å². The Morgan fingerprint density at radius 2 is 2.04 bits per heavy atom. The second-order valence-corrected chi connectivity index (χ2v) is 7.55. The van der Waals surface area contributed by atoms with Crippen molar-refractivity contribution in [3.05, 3.63) is 61.8 Å². The first-order chi connectivity index (χ1) is 12.5. The van der Waals surface area contributed by atoms with Gasteiger partial charge >= 0.3 is 0 Å². The summed E-state index contributed by atoms with van der Waals surface area (Å²) in [6.45, 7) is 6.97. The molecule has 0 aliphatic heterocycles. The lowest BCUT2D eigenvalue weighted by atomic mass is 10.1. The number of thiophene rings is 1. The van der Waals surface area contributed by atoms with Gasteiger partial charge in [0, 0.05) is 11.4 Å². The first kappa shape index (κ1) is 18.3. The van der Waals surface area contributed by atoms with E-state index in [0.717, 1.165) is 17.7 Å². The molecule has 5 nitrogen and oxygen atoms in total. The van der Waals surface area contributed by atoms with E-state index in [0.29, 0.717) is 23.3 Å². The number of benzene rings is 1. The molecular formula is C20H23N3O2S. The minimum atomic E-state index is -0.175. The average molecular weight is 369 g/mol. The summed E-state index contributed by atoms with van der Waals surface area (Å²) >= 11 is 1.54. The fourth-order valence-electron chi connectivity index (χ4n) is 3.02. The second-order valence-electron chi connectivity index (χ2n) is 6.29. The van der Waals surface area contributed by atoms with Crippen molar-refractivity contribution in [2.24, 2.45) is 0 Å². The third-order valence-corrected chi connectivity index (χ3v) is 5.50. The molecule has 2 heterocycles. The highest BCUT2D eigenvalue weighted by Crippen LogP contribution is 2.24. The first-order valence-electron chi connectivity index (χ1n) is 8.90. The van der Waals surface area contributed by atoms with Gasteiger partial charge in [0.1, 0.15) is 5.82 Å². The van der Waals surface area contributed by atoms with Crippen molar-refractivity contribution in [1.82, 2.24) is 14.9 Å². The predicted molar refractivity (Wildman–Crippen MR) is 106 cm³/mol. The minimum absolute atomic E-state index is 0.0150. The number of nitrogens with zero attached hydrogens (tertiary/aromatic N) is 2. The number of hydrogen-bond donors (Lipinski definition) is 1. The molecule has 0 fully saturated rings. The molecule has 0 bridgehead atoms. The van der Waals surface area contributed by atoms with E-state index in [1.165, 1.54) is 21.8 Å². The molecule has 1 N–H and O–H groups in total. The van der Waals surface area contributed by atoms with Gasteiger partial charge in [-0.05, 0) is 44.0 Å². The van der Waals surface area contributed by atoms with E-state index < -0.39 is 0 Å². The van der Waals surface area contributed by atoms with Crippen molar-refractivity contribution in [2.45, 2.75) is 40.2 Å². The molecule has 0 aliphatic carbocycles. The molecule has 26 heavy (non-hydrogen) atoms. The summed E-state index contributed by atoms with van der Waals surface area (Å²) in [6.07, 6.45) is 2.05. The number of carbonyl (C=O) groups is 1. The van der Waals surface area contributed by atoms with Crippen LogP contribution in [0.25, 0.3) is 10.9 Å². The Balaban J connectivity index is 1.86. The van der Waals surface area contributed by atoms with Crippen molar-refractivity contribution in [3.8, 4) is 0 Å². The molecule has 2 aromatic heterocycles. The van der Waals surface area contributed by atoms with Crippen LogP contribution in [0.15, 0.2) is 35.1 Å². The van der Waals surface area contributed by atoms with Gasteiger partial charge < -0.3 is 9.88 Å². The lowest BCUT2D eigenvalue weighted by Crippen LogP contribution is -2.31. The van der Waals surface area contributed by atoms with E-state index in [1.807, 2.05) is 31.2 Å². The first-order valence-corrected chi connectivity index (χ1v) is 9.71. The molecule has 0 saturated carbocycles. The highest BCUT2D eigenvalue weighted by Gasteiger charge is 2.19. The van der Waals surface area contributed by atoms with Crippen LogP contribution in [0.4, 0.5) is 0 Å². The number of carbonyl (C=O) groups excluding carboxylic acids is 1. The Labute approximate surface area is 156 Å². The van der Waals surface area contributed by atoms with Crippen LogP contribution in [0.1, 0.15) is 46.2 Å². The summed E-state index contributed by atoms with van der Waals surface area (Å²) in [5, 5.41) is 0.559. The molecule has 6 heteroatoms. The molecule has 0 atom stereocenters. The SMILES string of the molecule is CCCc1cc(C(=O)N(CC)Cc2nc3ccccc3c(=O)[nH]2)sc1C. The van der Waals surface area contributed by atoms with Crippen LogP contribution in [0.2, 0.25) is 0 Å². The van der Waals surface area contributed by atoms with Gasteiger partial charge in [0.05, 0.1) is 22.3 Å². The van der Waals surface area contributed by atoms with Crippen LogP contribution in [0.5, 0.6) is 0 Å². The molecule has 0 aliphatic rings. The zero-order chi connectivity index (χ0) is 18.7.